The molecule has 0 fully saturated rings. The molecule has 0 aliphatic heterocycles. The molecule has 138 valence electrons. The quantitative estimate of drug-likeness (QED) is 0.396. The molecule has 0 heterocycles. The third kappa shape index (κ3) is 5.52. The molecule has 5 heteroatoms. The maximum absolute atomic E-state index is 7.38. The molecular weight excluding hydrogens is 336 g/mol. The molecule has 0 saturated carbocycles. The fourth-order valence-electron chi connectivity index (χ4n) is 2.46. The summed E-state index contributed by atoms with van der Waals surface area (Å²) in [4.78, 5) is 0. The van der Waals surface area contributed by atoms with Crippen LogP contribution >= 0.6 is 0 Å². The van der Waals surface area contributed by atoms with Gasteiger partial charge in [0.05, 0.1) is 0 Å². The summed E-state index contributed by atoms with van der Waals surface area (Å²) in [6.07, 6.45) is 1.34. The zero-order valence-electron chi connectivity index (χ0n) is 15.3. The Balaban J connectivity index is 0.00000126. The molecule has 0 amide bonds. The second-order valence-corrected chi connectivity index (χ2v) is 5.69. The first-order valence-corrected chi connectivity index (χ1v) is 8.50. The average molecular weight is 360 g/mol. The third-order valence-corrected chi connectivity index (χ3v) is 3.94. The Morgan fingerprint density at radius 2 is 1.37 bits per heavy atom. The molecular formula is C22H24N4O. The van der Waals surface area contributed by atoms with Gasteiger partial charge in [-0.15, -0.1) is 0 Å². The van der Waals surface area contributed by atoms with Crippen molar-refractivity contribution >= 4 is 12.1 Å². The highest BCUT2D eigenvalue weighted by molar-refractivity contribution is 5.94. The summed E-state index contributed by atoms with van der Waals surface area (Å²) in [6, 6.07) is 23.3. The van der Waals surface area contributed by atoms with Gasteiger partial charge in [-0.25, -0.2) is 0 Å². The van der Waals surface area contributed by atoms with Crippen molar-refractivity contribution in [2.75, 3.05) is 7.05 Å². The van der Waals surface area contributed by atoms with Gasteiger partial charge in [-0.1, -0.05) is 48.5 Å². The van der Waals surface area contributed by atoms with Gasteiger partial charge < -0.3 is 21.6 Å². The molecule has 6 N–H and O–H groups in total. The van der Waals surface area contributed by atoms with Crippen LogP contribution in [0.15, 0.2) is 72.8 Å². The van der Waals surface area contributed by atoms with Gasteiger partial charge in [0.2, 0.25) is 0 Å². The largest absolute Gasteiger partial charge is 0.489 e. The van der Waals surface area contributed by atoms with Crippen LogP contribution in [0.3, 0.4) is 0 Å². The van der Waals surface area contributed by atoms with Crippen molar-refractivity contribution in [3.63, 3.8) is 0 Å². The predicted octanol–water partition coefficient (Wildman–Crippen LogP) is 3.79. The number of rotatable bonds is 6. The van der Waals surface area contributed by atoms with Gasteiger partial charge in [0, 0.05) is 11.8 Å². The Labute approximate surface area is 159 Å². The van der Waals surface area contributed by atoms with E-state index >= 15 is 0 Å². The summed E-state index contributed by atoms with van der Waals surface area (Å²) < 4.78 is 5.77. The van der Waals surface area contributed by atoms with Gasteiger partial charge in [-0.3, -0.25) is 5.41 Å². The fraction of sp³-hybridized carbons (Fsp3) is 0.0909. The molecule has 0 bridgehead atoms. The monoisotopic (exact) mass is 360 g/mol. The van der Waals surface area contributed by atoms with Crippen molar-refractivity contribution in [2.24, 2.45) is 11.5 Å². The SMILES string of the molecule is CN.N=Cc1ccc(-c2ccc(COc3ccc(C(=N)N)cc3)cc2)cc1. The molecule has 0 aromatic heterocycles. The highest BCUT2D eigenvalue weighted by Gasteiger charge is 2.01. The smallest absolute Gasteiger partial charge is 0.122 e. The van der Waals surface area contributed by atoms with Gasteiger partial charge in [-0.2, -0.15) is 0 Å². The highest BCUT2D eigenvalue weighted by Crippen LogP contribution is 2.21. The van der Waals surface area contributed by atoms with Crippen molar-refractivity contribution in [1.82, 2.24) is 0 Å². The van der Waals surface area contributed by atoms with Crippen LogP contribution in [0.2, 0.25) is 0 Å². The van der Waals surface area contributed by atoms with E-state index in [-0.39, 0.29) is 5.84 Å². The second kappa shape index (κ2) is 9.89. The summed E-state index contributed by atoms with van der Waals surface area (Å²) in [5.74, 6) is 0.798. The molecule has 3 aromatic carbocycles. The average Bonchev–Trinajstić information content (AvgIpc) is 2.74. The number of benzene rings is 3. The Kier molecular flexibility index (Phi) is 7.28. The fourth-order valence-corrected chi connectivity index (χ4v) is 2.46. The van der Waals surface area contributed by atoms with Crippen LogP contribution in [-0.4, -0.2) is 19.1 Å². The van der Waals surface area contributed by atoms with Crippen LogP contribution in [-0.2, 0) is 6.61 Å². The van der Waals surface area contributed by atoms with Gasteiger partial charge in [-0.05, 0) is 53.6 Å². The lowest BCUT2D eigenvalue weighted by atomic mass is 10.0. The Hall–Kier alpha value is -3.44. The maximum Gasteiger partial charge on any atom is 0.122 e. The van der Waals surface area contributed by atoms with Crippen LogP contribution in [0.4, 0.5) is 0 Å². The number of ether oxygens (including phenoxy) is 1. The van der Waals surface area contributed by atoms with Gasteiger partial charge in [0.25, 0.3) is 0 Å². The molecule has 27 heavy (non-hydrogen) atoms. The summed E-state index contributed by atoms with van der Waals surface area (Å²) in [5, 5.41) is 14.6. The third-order valence-electron chi connectivity index (χ3n) is 3.94. The first kappa shape index (κ1) is 19.9. The zero-order valence-corrected chi connectivity index (χ0v) is 15.3. The first-order chi connectivity index (χ1) is 13.2. The molecule has 0 aliphatic carbocycles. The number of hydrogen-bond donors (Lipinski definition) is 4. The Bertz CT molecular complexity index is 870. The topological polar surface area (TPSA) is 109 Å². The van der Waals surface area contributed by atoms with E-state index in [1.54, 1.807) is 12.1 Å². The van der Waals surface area contributed by atoms with Crippen LogP contribution in [0, 0.1) is 10.8 Å². The highest BCUT2D eigenvalue weighted by atomic mass is 16.5. The van der Waals surface area contributed by atoms with E-state index in [0.29, 0.717) is 12.2 Å². The van der Waals surface area contributed by atoms with Crippen LogP contribution in [0.5, 0.6) is 5.75 Å². The van der Waals surface area contributed by atoms with E-state index in [2.05, 4.69) is 17.9 Å². The summed E-state index contributed by atoms with van der Waals surface area (Å²) in [5.41, 5.74) is 14.9. The van der Waals surface area contributed by atoms with E-state index in [1.165, 1.54) is 13.3 Å². The Morgan fingerprint density at radius 1 is 0.852 bits per heavy atom. The van der Waals surface area contributed by atoms with E-state index in [4.69, 9.17) is 21.3 Å². The number of nitrogens with one attached hydrogen (secondary N) is 2. The zero-order chi connectivity index (χ0) is 19.6. The molecule has 0 atom stereocenters. The normalized spacial score (nSPS) is 9.70. The van der Waals surface area contributed by atoms with E-state index in [9.17, 15) is 0 Å². The summed E-state index contributed by atoms with van der Waals surface area (Å²) in [6.45, 7) is 0.479. The Morgan fingerprint density at radius 3 is 1.85 bits per heavy atom. The number of hydrogen-bond acceptors (Lipinski definition) is 4. The molecule has 0 spiro atoms. The van der Waals surface area contributed by atoms with Gasteiger partial charge >= 0.3 is 0 Å². The van der Waals surface area contributed by atoms with Crippen molar-refractivity contribution in [3.05, 3.63) is 89.5 Å². The first-order valence-electron chi connectivity index (χ1n) is 8.50. The predicted molar refractivity (Wildman–Crippen MR) is 112 cm³/mol. The van der Waals surface area contributed by atoms with E-state index in [0.717, 1.165) is 28.0 Å². The van der Waals surface area contributed by atoms with Crippen molar-refractivity contribution in [2.45, 2.75) is 6.61 Å². The number of nitrogen functional groups attached to an aromatic ring is 1. The van der Waals surface area contributed by atoms with Crippen LogP contribution < -0.4 is 16.2 Å². The van der Waals surface area contributed by atoms with Crippen molar-refractivity contribution in [3.8, 4) is 16.9 Å². The van der Waals surface area contributed by atoms with Crippen LogP contribution in [0.1, 0.15) is 16.7 Å². The van der Waals surface area contributed by atoms with Gasteiger partial charge in [0.15, 0.2) is 0 Å². The minimum absolute atomic E-state index is 0.0517. The standard InChI is InChI=1S/C21H19N3O.CH5N/c22-13-15-1-5-17(6-2-15)18-7-3-16(4-8-18)14-25-20-11-9-19(10-12-20)21(23)24;1-2/h1-13,22H,14H2,(H3,23,24);2H2,1H3. The molecule has 0 radical (unpaired) electrons. The van der Waals surface area contributed by atoms with Crippen LogP contribution in [0.25, 0.3) is 11.1 Å². The molecule has 5 nitrogen and oxygen atoms in total. The maximum atomic E-state index is 7.38. The number of amidine groups is 1. The lowest BCUT2D eigenvalue weighted by molar-refractivity contribution is 0.306. The summed E-state index contributed by atoms with van der Waals surface area (Å²) in [7, 11) is 1.50. The minimum atomic E-state index is 0.0517. The van der Waals surface area contributed by atoms with E-state index in [1.807, 2.05) is 48.5 Å². The van der Waals surface area contributed by atoms with Crippen molar-refractivity contribution < 1.29 is 4.74 Å². The van der Waals surface area contributed by atoms with Crippen molar-refractivity contribution in [1.29, 1.82) is 10.8 Å². The molecule has 0 saturated heterocycles. The molecule has 3 aromatic rings. The molecule has 3 rings (SSSR count). The molecule has 0 unspecified atom stereocenters. The number of nitrogens with two attached hydrogens (primary N) is 2. The van der Waals surface area contributed by atoms with E-state index < -0.39 is 0 Å². The minimum Gasteiger partial charge on any atom is -0.489 e. The lowest BCUT2D eigenvalue weighted by Crippen LogP contribution is -2.10. The second-order valence-electron chi connectivity index (χ2n) is 5.69. The summed E-state index contributed by atoms with van der Waals surface area (Å²) >= 11 is 0. The van der Waals surface area contributed by atoms with Gasteiger partial charge in [0.1, 0.15) is 18.2 Å². The lowest BCUT2D eigenvalue weighted by Gasteiger charge is -2.08. The molecule has 0 aliphatic rings.